The number of esters is 2. The second-order valence-corrected chi connectivity index (χ2v) is 17.9. The number of aryl methyl sites for hydroxylation is 1. The smallest absolute Gasteiger partial charge is 0.419 e. The second kappa shape index (κ2) is 26.6. The van der Waals surface area contributed by atoms with Crippen molar-refractivity contribution in [3.63, 3.8) is 0 Å². The normalized spacial score (nSPS) is 10.5. The fraction of sp³-hybridized carbons (Fsp3) is 0.179. The van der Waals surface area contributed by atoms with E-state index in [1.54, 1.807) is 123 Å². The van der Waals surface area contributed by atoms with Crippen molar-refractivity contribution in [2.24, 2.45) is 0 Å². The number of thioether (sulfide) groups is 1. The number of aromatic hydroxyl groups is 2. The number of fused-ring (bicyclic) bond motifs is 2. The number of aromatic amines is 1. The Hall–Kier alpha value is -9.83. The molecule has 0 saturated carbocycles. The molecule has 0 aliphatic carbocycles. The number of H-pyrrole nitrogens is 1. The van der Waals surface area contributed by atoms with Gasteiger partial charge in [-0.15, -0.1) is 5.10 Å². The summed E-state index contributed by atoms with van der Waals surface area (Å²) in [7, 11) is 4.74. The molecular formula is C56H54N10O11S. The van der Waals surface area contributed by atoms with Gasteiger partial charge in [0, 0.05) is 49.3 Å². The molecule has 78 heavy (non-hydrogen) atoms. The van der Waals surface area contributed by atoms with Gasteiger partial charge in [-0.2, -0.15) is 15.4 Å². The zero-order valence-electron chi connectivity index (χ0n) is 43.2. The molecule has 0 aliphatic heterocycles. The Labute approximate surface area is 451 Å². The van der Waals surface area contributed by atoms with Crippen LogP contribution in [-0.2, 0) is 26.6 Å². The maximum atomic E-state index is 13.1. The van der Waals surface area contributed by atoms with Crippen LogP contribution in [0, 0.1) is 6.92 Å². The fourth-order valence-corrected chi connectivity index (χ4v) is 8.03. The molecule has 2 aromatic heterocycles. The Balaban J connectivity index is 0.000000229. The van der Waals surface area contributed by atoms with Crippen molar-refractivity contribution in [2.45, 2.75) is 44.6 Å². The third kappa shape index (κ3) is 14.5. The van der Waals surface area contributed by atoms with E-state index < -0.39 is 23.9 Å². The van der Waals surface area contributed by atoms with Gasteiger partial charge < -0.3 is 39.4 Å². The summed E-state index contributed by atoms with van der Waals surface area (Å²) in [6.07, 6.45) is 0.0822. The van der Waals surface area contributed by atoms with Crippen molar-refractivity contribution >= 4 is 80.5 Å². The number of carbonyl (C=O) groups is 5. The predicted molar refractivity (Wildman–Crippen MR) is 293 cm³/mol. The van der Waals surface area contributed by atoms with E-state index in [0.29, 0.717) is 79.2 Å². The topological polar surface area (TPSA) is 266 Å². The molecule has 0 aliphatic rings. The first-order chi connectivity index (χ1) is 37.6. The van der Waals surface area contributed by atoms with Crippen LogP contribution in [0.2, 0.25) is 0 Å². The minimum Gasteiger partial charge on any atom is -0.508 e. The summed E-state index contributed by atoms with van der Waals surface area (Å²) in [6.45, 7) is 5.48. The first-order valence-corrected chi connectivity index (χ1v) is 25.0. The van der Waals surface area contributed by atoms with Crippen LogP contribution in [0.25, 0.3) is 21.8 Å². The predicted octanol–water partition coefficient (Wildman–Crippen LogP) is 9.53. The number of ether oxygens (including phenoxy) is 4. The second-order valence-electron chi connectivity index (χ2n) is 17.0. The number of phenols is 2. The molecule has 4 N–H and O–H groups in total. The highest BCUT2D eigenvalue weighted by molar-refractivity contribution is 7.98. The number of phenolic OH excluding ortho intramolecular Hbond substituents is 2. The first-order valence-electron chi connectivity index (χ1n) is 24.0. The maximum absolute atomic E-state index is 13.1. The van der Waals surface area contributed by atoms with E-state index in [4.69, 9.17) is 18.9 Å². The number of aromatic nitrogens is 7. The molecule has 9 rings (SSSR count). The highest BCUT2D eigenvalue weighted by Crippen LogP contribution is 2.36. The lowest BCUT2D eigenvalue weighted by Gasteiger charge is -2.20. The van der Waals surface area contributed by atoms with Crippen molar-refractivity contribution in [1.29, 1.82) is 0 Å². The molecule has 0 spiro atoms. The molecule has 0 unspecified atom stereocenters. The number of amides is 3. The summed E-state index contributed by atoms with van der Waals surface area (Å²) >= 11 is 1.35. The number of benzene rings is 7. The number of nitrogens with one attached hydrogen (secondary N) is 2. The lowest BCUT2D eigenvalue weighted by molar-refractivity contribution is -0.144. The van der Waals surface area contributed by atoms with Gasteiger partial charge in [-0.05, 0) is 108 Å². The van der Waals surface area contributed by atoms with E-state index in [9.17, 15) is 34.2 Å². The van der Waals surface area contributed by atoms with Crippen molar-refractivity contribution in [1.82, 2.24) is 35.6 Å². The highest BCUT2D eigenvalue weighted by Gasteiger charge is 2.21. The highest BCUT2D eigenvalue weighted by atomic mass is 32.2. The number of hydrogen-bond acceptors (Lipinski definition) is 17. The summed E-state index contributed by atoms with van der Waals surface area (Å²) in [5, 5.41) is 46.4. The molecule has 0 fully saturated rings. The molecule has 0 atom stereocenters. The van der Waals surface area contributed by atoms with Crippen molar-refractivity contribution < 1.29 is 53.1 Å². The Morgan fingerprint density at radius 2 is 1.49 bits per heavy atom. The molecule has 0 radical (unpaired) electrons. The van der Waals surface area contributed by atoms with Crippen LogP contribution in [0.4, 0.5) is 21.9 Å². The van der Waals surface area contributed by atoms with E-state index in [2.05, 4.69) is 36.3 Å². The van der Waals surface area contributed by atoms with Crippen molar-refractivity contribution in [3.8, 4) is 28.7 Å². The standard InChI is InChI=1S/C33H32N6O7S.C13H9N3O2.C10H13NO2/c1-4-18-45-29(40)19-39-32(35-36-37-39)47-20-21-12-14-22(15-13-21)46-33(43)38(2)27-10-7-8-24-23(27)16-17-25(30(24)41)31(42)34-26-9-5-6-11-28(26)44-3;17-13(18-10-4-2-1-3-5-10)9-6-7-11-12(8-9)15-16-14-11;1-7-4-5-9(6-10(7)13)11(3)8(2)12/h5-17,41H,4,18-20H2,1-3H3,(H,34,42);1-8H,(H,14,15,16);4-6,13H,1-3H3. The van der Waals surface area contributed by atoms with E-state index in [-0.39, 0.29) is 29.5 Å². The largest absolute Gasteiger partial charge is 0.508 e. The number of hydrogen-bond donors (Lipinski definition) is 4. The van der Waals surface area contributed by atoms with E-state index >= 15 is 0 Å². The molecule has 3 amide bonds. The van der Waals surface area contributed by atoms with Gasteiger partial charge in [0.15, 0.2) is 0 Å². The monoisotopic (exact) mass is 1070 g/mol. The van der Waals surface area contributed by atoms with Gasteiger partial charge in [0.1, 0.15) is 46.3 Å². The number of para-hydroxylation sites is 3. The van der Waals surface area contributed by atoms with Crippen LogP contribution in [0.15, 0.2) is 151 Å². The quantitative estimate of drug-likeness (QED) is 0.0423. The third-order valence-electron chi connectivity index (χ3n) is 11.5. The Kier molecular flexibility index (Phi) is 19.1. The summed E-state index contributed by atoms with van der Waals surface area (Å²) in [5.41, 5.74) is 5.23. The summed E-state index contributed by atoms with van der Waals surface area (Å²) in [5.74, 6) is 0.446. The number of methoxy groups -OCH3 is 1. The Morgan fingerprint density at radius 1 is 0.756 bits per heavy atom. The molecule has 9 aromatic rings. The number of carbonyl (C=O) groups excluding carboxylic acids is 5. The molecule has 400 valence electrons. The van der Waals surface area contributed by atoms with Crippen LogP contribution in [0.5, 0.6) is 28.7 Å². The molecule has 0 saturated heterocycles. The summed E-state index contributed by atoms with van der Waals surface area (Å²) in [6, 6.07) is 41.3. The Morgan fingerprint density at radius 3 is 2.22 bits per heavy atom. The van der Waals surface area contributed by atoms with Gasteiger partial charge in [0.05, 0.1) is 36.2 Å². The number of nitrogens with zero attached hydrogens (tertiary/aromatic N) is 8. The number of tetrazole rings is 1. The lowest BCUT2D eigenvalue weighted by Crippen LogP contribution is -2.29. The molecule has 0 bridgehead atoms. The van der Waals surface area contributed by atoms with Gasteiger partial charge in [-0.25, -0.2) is 14.3 Å². The van der Waals surface area contributed by atoms with Crippen LogP contribution in [-0.4, -0.2) is 103 Å². The minimum atomic E-state index is -0.647. The van der Waals surface area contributed by atoms with Crippen LogP contribution in [0.1, 0.15) is 52.1 Å². The van der Waals surface area contributed by atoms with Crippen LogP contribution in [0.3, 0.4) is 0 Å². The molecule has 2 heterocycles. The molecule has 21 nitrogen and oxygen atoms in total. The van der Waals surface area contributed by atoms with Crippen molar-refractivity contribution in [3.05, 3.63) is 168 Å². The molecular weight excluding hydrogens is 1020 g/mol. The van der Waals surface area contributed by atoms with Crippen LogP contribution >= 0.6 is 11.8 Å². The van der Waals surface area contributed by atoms with E-state index in [1.165, 1.54) is 46.3 Å². The first kappa shape index (κ1) is 55.9. The molecule has 7 aromatic carbocycles. The average Bonchev–Trinajstić information content (AvgIpc) is 4.13. The van der Waals surface area contributed by atoms with E-state index in [0.717, 1.165) is 17.5 Å². The number of anilines is 3. The van der Waals surface area contributed by atoms with Crippen LogP contribution < -0.4 is 29.3 Å². The van der Waals surface area contributed by atoms with Crippen molar-refractivity contribution in [2.75, 3.05) is 42.9 Å². The molecule has 22 heteroatoms. The van der Waals surface area contributed by atoms with E-state index in [1.807, 2.05) is 44.2 Å². The zero-order valence-corrected chi connectivity index (χ0v) is 44.1. The fourth-order valence-electron chi connectivity index (χ4n) is 7.20. The Bertz CT molecular complexity index is 3560. The third-order valence-corrected chi connectivity index (χ3v) is 12.6. The van der Waals surface area contributed by atoms with Gasteiger partial charge >= 0.3 is 18.0 Å². The van der Waals surface area contributed by atoms with Gasteiger partial charge in [-0.3, -0.25) is 19.3 Å². The van der Waals surface area contributed by atoms with Gasteiger partial charge in [-0.1, -0.05) is 85.4 Å². The minimum absolute atomic E-state index is 0.0525. The summed E-state index contributed by atoms with van der Waals surface area (Å²) < 4.78 is 22.6. The lowest BCUT2D eigenvalue weighted by atomic mass is 10.0. The zero-order chi connectivity index (χ0) is 55.7. The van der Waals surface area contributed by atoms with Gasteiger partial charge in [0.25, 0.3) is 5.91 Å². The van der Waals surface area contributed by atoms with Gasteiger partial charge in [0.2, 0.25) is 11.1 Å². The summed E-state index contributed by atoms with van der Waals surface area (Å²) in [4.78, 5) is 63.8. The maximum Gasteiger partial charge on any atom is 0.419 e. The number of rotatable bonds is 15. The average molecular weight is 1080 g/mol. The SMILES string of the molecule is CC(=O)N(C)c1ccc(C)c(O)c1.CCCOC(=O)Cn1nnnc1SCc1ccc(OC(=O)N(C)c2cccc3c(O)c(C(=O)Nc4ccccc4OC)ccc23)cc1.O=C(Oc1ccccc1)c1ccc2n[nH]nc2c1.